The van der Waals surface area contributed by atoms with Crippen LogP contribution >= 0.6 is 0 Å². The quantitative estimate of drug-likeness (QED) is 0.272. The number of methoxy groups -OCH3 is 1. The van der Waals surface area contributed by atoms with Crippen molar-refractivity contribution in [2.45, 2.75) is 104 Å². The van der Waals surface area contributed by atoms with Gasteiger partial charge in [-0.2, -0.15) is 0 Å². The van der Waals surface area contributed by atoms with Crippen LogP contribution in [0.15, 0.2) is 46.8 Å². The summed E-state index contributed by atoms with van der Waals surface area (Å²) < 4.78 is 18.1. The number of carbonyl (C=O) groups is 3. The number of rotatable bonds is 2. The second-order valence-corrected chi connectivity index (χ2v) is 14.8. The molecule has 2 aliphatic heterocycles. The van der Waals surface area contributed by atoms with E-state index in [1.54, 1.807) is 6.08 Å². The van der Waals surface area contributed by atoms with Gasteiger partial charge in [0.2, 0.25) is 0 Å². The molecule has 6 aliphatic rings. The van der Waals surface area contributed by atoms with Crippen LogP contribution in [-0.4, -0.2) is 36.5 Å². The van der Waals surface area contributed by atoms with E-state index in [9.17, 15) is 14.4 Å². The van der Waals surface area contributed by atoms with Crippen LogP contribution < -0.4 is 0 Å². The Morgan fingerprint density at radius 1 is 1.10 bits per heavy atom. The minimum absolute atomic E-state index is 0.0147. The van der Waals surface area contributed by atoms with Crippen molar-refractivity contribution < 1.29 is 28.6 Å². The molecule has 0 aromatic heterocycles. The lowest BCUT2D eigenvalue weighted by atomic mass is 9.68. The van der Waals surface area contributed by atoms with Crippen LogP contribution in [0.5, 0.6) is 0 Å². The molecule has 8 atom stereocenters. The zero-order valence-electron chi connectivity index (χ0n) is 25.4. The number of ketones is 1. The summed E-state index contributed by atoms with van der Waals surface area (Å²) in [6, 6.07) is 0. The van der Waals surface area contributed by atoms with Gasteiger partial charge in [-0.1, -0.05) is 31.6 Å². The molecular weight excluding hydrogens is 516 g/mol. The minimum Gasteiger partial charge on any atom is -0.491 e. The van der Waals surface area contributed by atoms with Gasteiger partial charge in [0.15, 0.2) is 5.78 Å². The van der Waals surface area contributed by atoms with Crippen LogP contribution in [0.1, 0.15) is 91.9 Å². The van der Waals surface area contributed by atoms with Gasteiger partial charge in [0.05, 0.1) is 18.6 Å². The molecule has 4 aliphatic carbocycles. The fraction of sp³-hybridized carbons (Fsp3) is 0.686. The topological polar surface area (TPSA) is 78.9 Å². The predicted molar refractivity (Wildman–Crippen MR) is 155 cm³/mol. The molecule has 0 amide bonds. The molecule has 0 aromatic rings. The molecule has 0 N–H and O–H groups in total. The molecule has 2 heterocycles. The second-order valence-electron chi connectivity index (χ2n) is 14.8. The fourth-order valence-electron chi connectivity index (χ4n) is 9.20. The first-order valence-corrected chi connectivity index (χ1v) is 15.7. The number of carbonyl (C=O) groups excluding carboxylic acids is 3. The van der Waals surface area contributed by atoms with Gasteiger partial charge in [-0.3, -0.25) is 4.79 Å². The van der Waals surface area contributed by atoms with Crippen molar-refractivity contribution >= 4 is 17.7 Å². The number of ether oxygens (including phenoxy) is 3. The van der Waals surface area contributed by atoms with Gasteiger partial charge in [0.25, 0.3) is 0 Å². The number of esters is 2. The maximum Gasteiger partial charge on any atom is 0.337 e. The van der Waals surface area contributed by atoms with Crippen LogP contribution in [0.4, 0.5) is 0 Å². The molecule has 3 fully saturated rings. The first-order chi connectivity index (χ1) is 19.4. The first kappa shape index (κ1) is 28.5. The van der Waals surface area contributed by atoms with Crippen LogP contribution in [0.3, 0.4) is 0 Å². The zero-order chi connectivity index (χ0) is 29.3. The number of hydrogen-bond donors (Lipinski definition) is 0. The highest BCUT2D eigenvalue weighted by Crippen LogP contribution is 2.66. The molecule has 6 heteroatoms. The highest BCUT2D eigenvalue weighted by atomic mass is 16.5. The van der Waals surface area contributed by atoms with E-state index in [-0.39, 0.29) is 29.2 Å². The summed E-state index contributed by atoms with van der Waals surface area (Å²) in [6.07, 6.45) is 11.6. The fourth-order valence-corrected chi connectivity index (χ4v) is 9.20. The number of allylic oxidation sites excluding steroid dienone is 3. The summed E-state index contributed by atoms with van der Waals surface area (Å²) in [6.45, 7) is 13.0. The van der Waals surface area contributed by atoms with Gasteiger partial charge in [0.1, 0.15) is 17.5 Å². The van der Waals surface area contributed by atoms with Gasteiger partial charge in [-0.25, -0.2) is 9.59 Å². The molecule has 6 nitrogen and oxygen atoms in total. The number of fused-ring (bicyclic) bond motifs is 6. The summed E-state index contributed by atoms with van der Waals surface area (Å²) in [4.78, 5) is 40.3. The third-order valence-corrected chi connectivity index (χ3v) is 11.2. The molecule has 0 radical (unpaired) electrons. The van der Waals surface area contributed by atoms with E-state index in [4.69, 9.17) is 14.2 Å². The molecule has 0 unspecified atom stereocenters. The second kappa shape index (κ2) is 10.3. The lowest BCUT2D eigenvalue weighted by Crippen LogP contribution is -2.47. The Morgan fingerprint density at radius 2 is 1.88 bits per heavy atom. The van der Waals surface area contributed by atoms with E-state index in [1.165, 1.54) is 20.0 Å². The average molecular weight is 563 g/mol. The van der Waals surface area contributed by atoms with Crippen molar-refractivity contribution in [3.05, 3.63) is 46.8 Å². The monoisotopic (exact) mass is 562 g/mol. The lowest BCUT2D eigenvalue weighted by Gasteiger charge is -2.46. The van der Waals surface area contributed by atoms with Crippen molar-refractivity contribution in [3.8, 4) is 0 Å². The Hall–Kier alpha value is -2.63. The van der Waals surface area contributed by atoms with Crippen LogP contribution in [0, 0.1) is 40.9 Å². The third-order valence-electron chi connectivity index (χ3n) is 11.2. The normalized spacial score (nSPS) is 41.0. The van der Waals surface area contributed by atoms with E-state index in [2.05, 4.69) is 20.4 Å². The van der Waals surface area contributed by atoms with Crippen molar-refractivity contribution in [3.63, 3.8) is 0 Å². The molecule has 41 heavy (non-hydrogen) atoms. The first-order valence-electron chi connectivity index (χ1n) is 15.7. The van der Waals surface area contributed by atoms with E-state index >= 15 is 0 Å². The standard InChI is InChI=1S/C35H46O6/c1-19(2)21-7-8-22-13-24(40-32(22)37)11-20(3)12-29(36)27-17-35(41-30(15-21)31(27)33(38)39-6)10-9-25-26-14-23(26)16-34(4,5)18-28(25)35/h12-13,21,23-28H,1,7-11,14-18H2,2-6H3/b20-12-/t21-,23-,24+,25+,26-,27-,28+,35-/m0/s1. The Morgan fingerprint density at radius 3 is 2.61 bits per heavy atom. The molecule has 6 rings (SSSR count). The maximum atomic E-state index is 14.2. The van der Waals surface area contributed by atoms with E-state index in [1.807, 2.05) is 19.9 Å². The van der Waals surface area contributed by atoms with E-state index < -0.39 is 17.5 Å². The Labute approximate surface area is 244 Å². The van der Waals surface area contributed by atoms with Crippen LogP contribution in [0.2, 0.25) is 0 Å². The van der Waals surface area contributed by atoms with Crippen LogP contribution in [-0.2, 0) is 28.6 Å². The van der Waals surface area contributed by atoms with Gasteiger partial charge in [-0.05, 0) is 100 Å². The third kappa shape index (κ3) is 5.25. The predicted octanol–water partition coefficient (Wildman–Crippen LogP) is 6.80. The molecule has 1 spiro atoms. The maximum absolute atomic E-state index is 14.2. The van der Waals surface area contributed by atoms with Crippen molar-refractivity contribution in [1.29, 1.82) is 0 Å². The van der Waals surface area contributed by atoms with Gasteiger partial charge < -0.3 is 14.2 Å². The van der Waals surface area contributed by atoms with Gasteiger partial charge in [0, 0.05) is 30.8 Å². The van der Waals surface area contributed by atoms with Crippen molar-refractivity contribution in [2.24, 2.45) is 40.9 Å². The largest absolute Gasteiger partial charge is 0.491 e. The minimum atomic E-state index is -0.618. The van der Waals surface area contributed by atoms with Crippen molar-refractivity contribution in [1.82, 2.24) is 0 Å². The van der Waals surface area contributed by atoms with Gasteiger partial charge >= 0.3 is 11.9 Å². The number of hydrogen-bond acceptors (Lipinski definition) is 6. The van der Waals surface area contributed by atoms with E-state index in [0.29, 0.717) is 60.8 Å². The summed E-state index contributed by atoms with van der Waals surface area (Å²) >= 11 is 0. The summed E-state index contributed by atoms with van der Waals surface area (Å²) in [5.74, 6) is 1.68. The summed E-state index contributed by atoms with van der Waals surface area (Å²) in [5.41, 5.74) is 2.63. The molecule has 222 valence electrons. The molecule has 4 bridgehead atoms. The van der Waals surface area contributed by atoms with E-state index in [0.717, 1.165) is 42.2 Å². The molecular formula is C35H46O6. The SMILES string of the molecule is C=C(C)[C@H]1CCC2=C[C@@H](C/C(C)=C\C(=O)[C@@H]3C[C@]4(CC[C@@H]5[C@H]6C[C@H]6CC(C)(C)C[C@H]54)OC(=C3C(=O)OC)C1)OC2=O. The summed E-state index contributed by atoms with van der Waals surface area (Å²) in [7, 11) is 1.38. The smallest absolute Gasteiger partial charge is 0.337 e. The molecule has 3 saturated carbocycles. The van der Waals surface area contributed by atoms with Gasteiger partial charge in [-0.15, -0.1) is 0 Å². The highest BCUT2D eigenvalue weighted by molar-refractivity contribution is 6.03. The highest BCUT2D eigenvalue weighted by Gasteiger charge is 2.63. The Balaban J connectivity index is 1.45. The van der Waals surface area contributed by atoms with Crippen LogP contribution in [0.25, 0.3) is 0 Å². The zero-order valence-corrected chi connectivity index (χ0v) is 25.4. The average Bonchev–Trinajstić information content (AvgIpc) is 3.46. The molecule has 0 saturated heterocycles. The Kier molecular flexibility index (Phi) is 7.14. The molecule has 0 aromatic carbocycles. The summed E-state index contributed by atoms with van der Waals surface area (Å²) in [5, 5.41) is 0. The lowest BCUT2D eigenvalue weighted by molar-refractivity contribution is -0.143. The van der Waals surface area contributed by atoms with Crippen molar-refractivity contribution in [2.75, 3.05) is 7.11 Å². The Bertz CT molecular complexity index is 1270.